The van der Waals surface area contributed by atoms with E-state index in [4.69, 9.17) is 34.8 Å². The molecule has 1 fully saturated rings. The Balaban J connectivity index is 1.73. The molecule has 1 aliphatic rings. The van der Waals surface area contributed by atoms with Gasteiger partial charge in [-0.2, -0.15) is 0 Å². The van der Waals surface area contributed by atoms with Crippen molar-refractivity contribution < 1.29 is 9.59 Å². The van der Waals surface area contributed by atoms with Gasteiger partial charge in [-0.05, 0) is 61.7 Å². The molecule has 0 heterocycles. The van der Waals surface area contributed by atoms with Crippen molar-refractivity contribution >= 4 is 58.4 Å². The molecule has 1 aliphatic carbocycles. The molecule has 2 aromatic rings. The number of hydrogen-bond acceptors (Lipinski definition) is 3. The first kappa shape index (κ1) is 24.2. The van der Waals surface area contributed by atoms with E-state index in [2.05, 4.69) is 5.32 Å². The molecule has 166 valence electrons. The molecule has 2 amide bonds. The van der Waals surface area contributed by atoms with E-state index in [-0.39, 0.29) is 30.2 Å². The van der Waals surface area contributed by atoms with Gasteiger partial charge >= 0.3 is 0 Å². The number of nitrogens with one attached hydrogen (secondary N) is 1. The lowest BCUT2D eigenvalue weighted by Crippen LogP contribution is -2.50. The first-order valence-corrected chi connectivity index (χ1v) is 12.4. The predicted octanol–water partition coefficient (Wildman–Crippen LogP) is 6.22. The zero-order chi connectivity index (χ0) is 22.4. The van der Waals surface area contributed by atoms with Gasteiger partial charge in [-0.25, -0.2) is 0 Å². The van der Waals surface area contributed by atoms with Gasteiger partial charge in [-0.15, -0.1) is 11.8 Å². The van der Waals surface area contributed by atoms with Gasteiger partial charge in [0.05, 0.1) is 5.75 Å². The summed E-state index contributed by atoms with van der Waals surface area (Å²) in [6.07, 6.45) is 4.23. The number of carbonyl (C=O) groups excluding carboxylic acids is 2. The highest BCUT2D eigenvalue weighted by molar-refractivity contribution is 8.00. The second-order valence-electron chi connectivity index (χ2n) is 7.67. The second kappa shape index (κ2) is 11.5. The molecule has 4 nitrogen and oxygen atoms in total. The van der Waals surface area contributed by atoms with Crippen LogP contribution in [-0.4, -0.2) is 34.6 Å². The summed E-state index contributed by atoms with van der Waals surface area (Å²) in [5.74, 6) is -0.0738. The van der Waals surface area contributed by atoms with Crippen molar-refractivity contribution in [3.05, 3.63) is 63.1 Å². The smallest absolute Gasteiger partial charge is 0.242 e. The number of rotatable bonds is 8. The number of nitrogens with zero attached hydrogens (tertiary/aromatic N) is 1. The van der Waals surface area contributed by atoms with E-state index in [1.807, 2.05) is 12.1 Å². The fourth-order valence-electron chi connectivity index (χ4n) is 3.57. The Morgan fingerprint density at radius 1 is 1.06 bits per heavy atom. The first-order chi connectivity index (χ1) is 14.8. The highest BCUT2D eigenvalue weighted by atomic mass is 35.5. The molecule has 2 aromatic carbocycles. The Bertz CT molecular complexity index is 918. The van der Waals surface area contributed by atoms with Gasteiger partial charge in [-0.1, -0.05) is 53.7 Å². The normalized spacial score (nSPS) is 15.0. The third kappa shape index (κ3) is 7.04. The molecular weight excluding hydrogens is 475 g/mol. The lowest BCUT2D eigenvalue weighted by molar-refractivity contribution is -0.138. The number of amides is 2. The Labute approximate surface area is 202 Å². The zero-order valence-corrected chi connectivity index (χ0v) is 20.3. The minimum atomic E-state index is -0.620. The van der Waals surface area contributed by atoms with Crippen molar-refractivity contribution in [1.29, 1.82) is 0 Å². The number of thioether (sulfide) groups is 1. The molecule has 1 N–H and O–H groups in total. The largest absolute Gasteiger partial charge is 0.352 e. The Kier molecular flexibility index (Phi) is 8.96. The van der Waals surface area contributed by atoms with Crippen LogP contribution in [0.3, 0.4) is 0 Å². The van der Waals surface area contributed by atoms with Crippen LogP contribution in [0.4, 0.5) is 0 Å². The van der Waals surface area contributed by atoms with Gasteiger partial charge in [0.15, 0.2) is 0 Å². The SMILES string of the molecule is CC(C(=O)NC1CCCC1)N(Cc1ccc(Cl)cc1Cl)C(=O)CSc1ccc(Cl)cc1. The summed E-state index contributed by atoms with van der Waals surface area (Å²) in [5.41, 5.74) is 0.747. The highest BCUT2D eigenvalue weighted by Crippen LogP contribution is 2.25. The Morgan fingerprint density at radius 2 is 1.71 bits per heavy atom. The van der Waals surface area contributed by atoms with Crippen LogP contribution in [0.1, 0.15) is 38.2 Å². The number of halogens is 3. The second-order valence-corrected chi connectivity index (χ2v) is 9.99. The van der Waals surface area contributed by atoms with Gasteiger partial charge in [0.1, 0.15) is 6.04 Å². The van der Waals surface area contributed by atoms with E-state index in [1.54, 1.807) is 42.2 Å². The van der Waals surface area contributed by atoms with Crippen molar-refractivity contribution in [2.75, 3.05) is 5.75 Å². The summed E-state index contributed by atoms with van der Waals surface area (Å²) in [6.45, 7) is 1.99. The van der Waals surface area contributed by atoms with Crippen molar-refractivity contribution in [2.24, 2.45) is 0 Å². The minimum absolute atomic E-state index is 0.137. The monoisotopic (exact) mass is 498 g/mol. The molecule has 0 bridgehead atoms. The van der Waals surface area contributed by atoms with Crippen molar-refractivity contribution in [1.82, 2.24) is 10.2 Å². The minimum Gasteiger partial charge on any atom is -0.352 e. The number of carbonyl (C=O) groups is 2. The van der Waals surface area contributed by atoms with E-state index < -0.39 is 6.04 Å². The molecule has 31 heavy (non-hydrogen) atoms. The third-order valence-electron chi connectivity index (χ3n) is 5.40. The summed E-state index contributed by atoms with van der Waals surface area (Å²) >= 11 is 19.7. The summed E-state index contributed by atoms with van der Waals surface area (Å²) in [5, 5.41) is 4.74. The highest BCUT2D eigenvalue weighted by Gasteiger charge is 2.28. The van der Waals surface area contributed by atoms with Crippen LogP contribution in [0.15, 0.2) is 47.4 Å². The maximum absolute atomic E-state index is 13.2. The average molecular weight is 500 g/mol. The van der Waals surface area contributed by atoms with E-state index in [0.29, 0.717) is 15.1 Å². The van der Waals surface area contributed by atoms with Crippen LogP contribution in [0.25, 0.3) is 0 Å². The van der Waals surface area contributed by atoms with Crippen molar-refractivity contribution in [3.63, 3.8) is 0 Å². The molecule has 3 rings (SSSR count). The molecule has 0 aromatic heterocycles. The zero-order valence-electron chi connectivity index (χ0n) is 17.2. The molecule has 0 radical (unpaired) electrons. The molecule has 8 heteroatoms. The Morgan fingerprint density at radius 3 is 2.35 bits per heavy atom. The van der Waals surface area contributed by atoms with Crippen LogP contribution >= 0.6 is 46.6 Å². The molecule has 1 saturated carbocycles. The lowest BCUT2D eigenvalue weighted by atomic mass is 10.1. The standard InChI is InChI=1S/C23H25Cl3N2O2S/c1-15(23(30)27-19-4-2-3-5-19)28(13-16-6-7-18(25)12-21(16)26)22(29)14-31-20-10-8-17(24)9-11-20/h6-12,15,19H,2-5,13-14H2,1H3,(H,27,30). The van der Waals surface area contributed by atoms with Gasteiger partial charge < -0.3 is 10.2 Å². The predicted molar refractivity (Wildman–Crippen MR) is 129 cm³/mol. The van der Waals surface area contributed by atoms with Gasteiger partial charge in [0, 0.05) is 32.5 Å². The molecule has 0 aliphatic heterocycles. The molecular formula is C23H25Cl3N2O2S. The van der Waals surface area contributed by atoms with Crippen molar-refractivity contribution in [3.8, 4) is 0 Å². The number of hydrogen-bond donors (Lipinski definition) is 1. The summed E-state index contributed by atoms with van der Waals surface area (Å²) < 4.78 is 0. The van der Waals surface area contributed by atoms with Crippen LogP contribution in [0, 0.1) is 0 Å². The first-order valence-electron chi connectivity index (χ1n) is 10.3. The topological polar surface area (TPSA) is 49.4 Å². The summed E-state index contributed by atoms with van der Waals surface area (Å²) in [4.78, 5) is 28.6. The third-order valence-corrected chi connectivity index (χ3v) is 7.24. The van der Waals surface area contributed by atoms with Gasteiger partial charge in [0.25, 0.3) is 0 Å². The fraction of sp³-hybridized carbons (Fsp3) is 0.391. The molecule has 1 atom stereocenters. The Hall–Kier alpha value is -1.40. The lowest BCUT2D eigenvalue weighted by Gasteiger charge is -2.30. The molecule has 0 spiro atoms. The molecule has 0 saturated heterocycles. The van der Waals surface area contributed by atoms with Crippen molar-refractivity contribution in [2.45, 2.75) is 56.1 Å². The van der Waals surface area contributed by atoms with Gasteiger partial charge in [0.2, 0.25) is 11.8 Å². The van der Waals surface area contributed by atoms with E-state index in [0.717, 1.165) is 36.1 Å². The van der Waals surface area contributed by atoms with Crippen LogP contribution in [0.2, 0.25) is 15.1 Å². The summed E-state index contributed by atoms with van der Waals surface area (Å²) in [6, 6.07) is 12.1. The van der Waals surface area contributed by atoms with Gasteiger partial charge in [-0.3, -0.25) is 9.59 Å². The average Bonchev–Trinajstić information content (AvgIpc) is 3.25. The fourth-order valence-corrected chi connectivity index (χ4v) is 4.95. The van der Waals surface area contributed by atoms with Crippen LogP contribution < -0.4 is 5.32 Å². The van der Waals surface area contributed by atoms with Crippen LogP contribution in [0.5, 0.6) is 0 Å². The van der Waals surface area contributed by atoms with E-state index in [1.165, 1.54) is 11.8 Å². The molecule has 1 unspecified atom stereocenters. The van der Waals surface area contributed by atoms with Crippen LogP contribution in [-0.2, 0) is 16.1 Å². The quantitative estimate of drug-likeness (QED) is 0.439. The maximum Gasteiger partial charge on any atom is 0.242 e. The van der Waals surface area contributed by atoms with E-state index in [9.17, 15) is 9.59 Å². The number of benzene rings is 2. The van der Waals surface area contributed by atoms with E-state index >= 15 is 0 Å². The maximum atomic E-state index is 13.2. The summed E-state index contributed by atoms with van der Waals surface area (Å²) in [7, 11) is 0.